The minimum absolute atomic E-state index is 0.00750. The van der Waals surface area contributed by atoms with Crippen molar-refractivity contribution in [3.05, 3.63) is 41.0 Å². The van der Waals surface area contributed by atoms with Gasteiger partial charge in [-0.3, -0.25) is 4.79 Å². The van der Waals surface area contributed by atoms with Gasteiger partial charge in [-0.2, -0.15) is 0 Å². The van der Waals surface area contributed by atoms with Crippen LogP contribution >= 0.6 is 0 Å². The van der Waals surface area contributed by atoms with E-state index in [4.69, 9.17) is 5.73 Å². The molecule has 1 aromatic carbocycles. The number of benzene rings is 1. The number of ketones is 1. The SMILES string of the molecule is CC(N)C(=O)c1ccc2c(c1)C=CC2. The van der Waals surface area contributed by atoms with Crippen LogP contribution in [0.2, 0.25) is 0 Å². The fourth-order valence-electron chi connectivity index (χ4n) is 1.66. The molecule has 14 heavy (non-hydrogen) atoms. The van der Waals surface area contributed by atoms with Gasteiger partial charge in [0, 0.05) is 5.56 Å². The number of rotatable bonds is 2. The minimum atomic E-state index is -0.418. The van der Waals surface area contributed by atoms with Gasteiger partial charge in [0.15, 0.2) is 5.78 Å². The zero-order valence-electron chi connectivity index (χ0n) is 8.16. The molecule has 0 saturated carbocycles. The number of Topliss-reactive ketones (excluding diaryl/α,β-unsaturated/α-hetero) is 1. The zero-order chi connectivity index (χ0) is 10.1. The van der Waals surface area contributed by atoms with E-state index in [0.717, 1.165) is 12.0 Å². The van der Waals surface area contributed by atoms with Gasteiger partial charge in [0.1, 0.15) is 0 Å². The van der Waals surface area contributed by atoms with Crippen molar-refractivity contribution in [2.75, 3.05) is 0 Å². The first-order valence-corrected chi connectivity index (χ1v) is 4.78. The van der Waals surface area contributed by atoms with Crippen molar-refractivity contribution >= 4 is 11.9 Å². The summed E-state index contributed by atoms with van der Waals surface area (Å²) in [4.78, 5) is 11.6. The highest BCUT2D eigenvalue weighted by Gasteiger charge is 2.13. The maximum Gasteiger partial charge on any atom is 0.179 e. The highest BCUT2D eigenvalue weighted by Crippen LogP contribution is 2.21. The Morgan fingerprint density at radius 2 is 2.29 bits per heavy atom. The minimum Gasteiger partial charge on any atom is -0.321 e. The Bertz CT molecular complexity index is 405. The summed E-state index contributed by atoms with van der Waals surface area (Å²) < 4.78 is 0. The van der Waals surface area contributed by atoms with Gasteiger partial charge < -0.3 is 5.73 Å². The van der Waals surface area contributed by atoms with E-state index in [1.54, 1.807) is 6.92 Å². The van der Waals surface area contributed by atoms with Gasteiger partial charge in [0.25, 0.3) is 0 Å². The molecule has 1 aromatic rings. The number of nitrogens with two attached hydrogens (primary N) is 1. The topological polar surface area (TPSA) is 43.1 Å². The Morgan fingerprint density at radius 3 is 3.00 bits per heavy atom. The molecule has 0 amide bonds. The van der Waals surface area contributed by atoms with Crippen LogP contribution in [0.3, 0.4) is 0 Å². The van der Waals surface area contributed by atoms with Crippen LogP contribution in [0, 0.1) is 0 Å². The fraction of sp³-hybridized carbons (Fsp3) is 0.250. The summed E-state index contributed by atoms with van der Waals surface area (Å²) in [6.07, 6.45) is 5.13. The molecule has 0 bridgehead atoms. The Hall–Kier alpha value is -1.41. The standard InChI is InChI=1S/C12H13NO/c1-8(13)12(14)11-6-5-9-3-2-4-10(9)7-11/h2,4-8H,3,13H2,1H3. The Balaban J connectivity index is 2.37. The predicted octanol–water partition coefficient (Wildman–Crippen LogP) is 1.79. The van der Waals surface area contributed by atoms with Crippen LogP contribution < -0.4 is 5.73 Å². The summed E-state index contributed by atoms with van der Waals surface area (Å²) in [5, 5.41) is 0. The monoisotopic (exact) mass is 187 g/mol. The van der Waals surface area contributed by atoms with Crippen LogP contribution in [0.1, 0.15) is 28.4 Å². The second-order valence-electron chi connectivity index (χ2n) is 3.67. The molecule has 0 aromatic heterocycles. The van der Waals surface area contributed by atoms with Crippen LogP contribution in [0.4, 0.5) is 0 Å². The summed E-state index contributed by atoms with van der Waals surface area (Å²) in [5.41, 5.74) is 8.69. The van der Waals surface area contributed by atoms with Crippen molar-refractivity contribution in [2.24, 2.45) is 5.73 Å². The second kappa shape index (κ2) is 3.39. The molecule has 1 unspecified atom stereocenters. The van der Waals surface area contributed by atoms with Crippen LogP contribution in [0.5, 0.6) is 0 Å². The lowest BCUT2D eigenvalue weighted by molar-refractivity contribution is 0.0968. The van der Waals surface area contributed by atoms with E-state index >= 15 is 0 Å². The van der Waals surface area contributed by atoms with Gasteiger partial charge in [-0.25, -0.2) is 0 Å². The summed E-state index contributed by atoms with van der Waals surface area (Å²) in [6.45, 7) is 1.71. The molecule has 0 spiro atoms. The first-order chi connectivity index (χ1) is 6.68. The third kappa shape index (κ3) is 1.49. The Kier molecular flexibility index (Phi) is 2.22. The van der Waals surface area contributed by atoms with E-state index in [1.807, 2.05) is 24.3 Å². The summed E-state index contributed by atoms with van der Waals surface area (Å²) >= 11 is 0. The quantitative estimate of drug-likeness (QED) is 0.717. The molecular formula is C12H13NO. The van der Waals surface area contributed by atoms with E-state index < -0.39 is 6.04 Å². The molecule has 1 aliphatic rings. The van der Waals surface area contributed by atoms with Crippen LogP contribution in [0.25, 0.3) is 6.08 Å². The maximum atomic E-state index is 11.6. The number of hydrogen-bond acceptors (Lipinski definition) is 2. The van der Waals surface area contributed by atoms with Crippen molar-refractivity contribution in [3.63, 3.8) is 0 Å². The van der Waals surface area contributed by atoms with Gasteiger partial charge in [0.05, 0.1) is 6.04 Å². The normalized spacial score (nSPS) is 15.3. The number of allylic oxidation sites excluding steroid dienone is 1. The van der Waals surface area contributed by atoms with E-state index in [2.05, 4.69) is 6.08 Å². The lowest BCUT2D eigenvalue weighted by Gasteiger charge is -2.06. The predicted molar refractivity (Wildman–Crippen MR) is 57.2 cm³/mol. The van der Waals surface area contributed by atoms with Crippen molar-refractivity contribution in [1.29, 1.82) is 0 Å². The smallest absolute Gasteiger partial charge is 0.179 e. The highest BCUT2D eigenvalue weighted by molar-refractivity contribution is 6.00. The largest absolute Gasteiger partial charge is 0.321 e. The molecule has 2 nitrogen and oxygen atoms in total. The number of fused-ring (bicyclic) bond motifs is 1. The lowest BCUT2D eigenvalue weighted by Crippen LogP contribution is -2.26. The molecule has 0 radical (unpaired) electrons. The summed E-state index contributed by atoms with van der Waals surface area (Å²) in [6, 6.07) is 5.37. The number of hydrogen-bond donors (Lipinski definition) is 1. The van der Waals surface area contributed by atoms with E-state index in [9.17, 15) is 4.79 Å². The van der Waals surface area contributed by atoms with Crippen LogP contribution in [-0.4, -0.2) is 11.8 Å². The van der Waals surface area contributed by atoms with Gasteiger partial charge >= 0.3 is 0 Å². The summed E-state index contributed by atoms with van der Waals surface area (Å²) in [7, 11) is 0. The first kappa shape index (κ1) is 9.16. The molecule has 2 heteroatoms. The molecule has 2 rings (SSSR count). The molecule has 0 heterocycles. The fourth-order valence-corrected chi connectivity index (χ4v) is 1.66. The number of carbonyl (C=O) groups is 1. The molecule has 72 valence electrons. The van der Waals surface area contributed by atoms with Crippen molar-refractivity contribution in [1.82, 2.24) is 0 Å². The van der Waals surface area contributed by atoms with Crippen molar-refractivity contribution in [2.45, 2.75) is 19.4 Å². The van der Waals surface area contributed by atoms with Crippen molar-refractivity contribution < 1.29 is 4.79 Å². The third-order valence-corrected chi connectivity index (χ3v) is 2.48. The highest BCUT2D eigenvalue weighted by atomic mass is 16.1. The average Bonchev–Trinajstić information content (AvgIpc) is 2.62. The van der Waals surface area contributed by atoms with Gasteiger partial charge in [0.2, 0.25) is 0 Å². The molecule has 1 atom stereocenters. The zero-order valence-corrected chi connectivity index (χ0v) is 8.16. The second-order valence-corrected chi connectivity index (χ2v) is 3.67. The summed E-state index contributed by atoms with van der Waals surface area (Å²) in [5.74, 6) is 0.00750. The molecular weight excluding hydrogens is 174 g/mol. The molecule has 0 fully saturated rings. The van der Waals surface area contributed by atoms with Crippen LogP contribution in [-0.2, 0) is 6.42 Å². The first-order valence-electron chi connectivity index (χ1n) is 4.78. The van der Waals surface area contributed by atoms with Gasteiger partial charge in [-0.15, -0.1) is 0 Å². The van der Waals surface area contributed by atoms with Crippen LogP contribution in [0.15, 0.2) is 24.3 Å². The molecule has 1 aliphatic carbocycles. The van der Waals surface area contributed by atoms with E-state index in [0.29, 0.717) is 5.56 Å². The van der Waals surface area contributed by atoms with Crippen molar-refractivity contribution in [3.8, 4) is 0 Å². The molecule has 0 saturated heterocycles. The average molecular weight is 187 g/mol. The Labute approximate surface area is 83.4 Å². The third-order valence-electron chi connectivity index (χ3n) is 2.48. The maximum absolute atomic E-state index is 11.6. The number of carbonyl (C=O) groups excluding carboxylic acids is 1. The Morgan fingerprint density at radius 1 is 1.50 bits per heavy atom. The molecule has 2 N–H and O–H groups in total. The van der Waals surface area contributed by atoms with E-state index in [-0.39, 0.29) is 5.78 Å². The van der Waals surface area contributed by atoms with Gasteiger partial charge in [-0.05, 0) is 30.5 Å². The van der Waals surface area contributed by atoms with Gasteiger partial charge in [-0.1, -0.05) is 24.3 Å². The lowest BCUT2D eigenvalue weighted by atomic mass is 10.0. The molecule has 0 aliphatic heterocycles. The van der Waals surface area contributed by atoms with E-state index in [1.165, 1.54) is 5.56 Å².